The summed E-state index contributed by atoms with van der Waals surface area (Å²) in [6.45, 7) is 7.04. The number of rotatable bonds is 6. The maximum absolute atomic E-state index is 10.8. The Morgan fingerprint density at radius 2 is 1.93 bits per heavy atom. The van der Waals surface area contributed by atoms with Crippen LogP contribution in [-0.4, -0.2) is 40.3 Å². The summed E-state index contributed by atoms with van der Waals surface area (Å²) >= 11 is 0. The summed E-state index contributed by atoms with van der Waals surface area (Å²) in [5.41, 5.74) is 0.253. The van der Waals surface area contributed by atoms with Crippen LogP contribution in [0.25, 0.3) is 0 Å². The van der Waals surface area contributed by atoms with Crippen LogP contribution in [0.4, 0.5) is 0 Å². The summed E-state index contributed by atoms with van der Waals surface area (Å²) in [6.07, 6.45) is 1.17. The van der Waals surface area contributed by atoms with Gasteiger partial charge in [-0.15, -0.1) is 0 Å². The minimum Gasteiger partial charge on any atom is -0.478 e. The fourth-order valence-corrected chi connectivity index (χ4v) is 1.14. The lowest BCUT2D eigenvalue weighted by Crippen LogP contribution is -2.19. The van der Waals surface area contributed by atoms with E-state index in [2.05, 4.69) is 0 Å². The van der Waals surface area contributed by atoms with Gasteiger partial charge in [0.25, 0.3) is 0 Å². The molecule has 14 heavy (non-hydrogen) atoms. The van der Waals surface area contributed by atoms with Crippen molar-refractivity contribution in [3.8, 4) is 0 Å². The maximum atomic E-state index is 10.8. The van der Waals surface area contributed by atoms with Gasteiger partial charge in [0.05, 0.1) is 11.7 Å². The highest BCUT2D eigenvalue weighted by molar-refractivity contribution is 5.86. The Bertz CT molecular complexity index is 207. The lowest BCUT2D eigenvalue weighted by molar-refractivity contribution is -0.133. The highest BCUT2D eigenvalue weighted by atomic mass is 16.4. The third-order valence-electron chi connectivity index (χ3n) is 1.94. The van der Waals surface area contributed by atoms with Crippen molar-refractivity contribution in [2.75, 3.05) is 13.1 Å². The highest BCUT2D eigenvalue weighted by Crippen LogP contribution is 2.07. The molecule has 2 N–H and O–H groups in total. The van der Waals surface area contributed by atoms with Crippen molar-refractivity contribution in [1.29, 1.82) is 0 Å². The molecule has 1 unspecified atom stereocenters. The summed E-state index contributed by atoms with van der Waals surface area (Å²) < 4.78 is 0. The summed E-state index contributed by atoms with van der Waals surface area (Å²) in [4.78, 5) is 12.7. The van der Waals surface area contributed by atoms with Crippen molar-refractivity contribution >= 4 is 5.97 Å². The van der Waals surface area contributed by atoms with Gasteiger partial charge in [-0.2, -0.15) is 0 Å². The zero-order chi connectivity index (χ0) is 11.1. The smallest absolute Gasteiger partial charge is 0.333 e. The number of carbonyl (C=O) groups is 1. The second kappa shape index (κ2) is 6.43. The normalized spacial score (nSPS) is 13.9. The number of hydrogen-bond acceptors (Lipinski definition) is 3. The molecule has 0 rings (SSSR count). The molecule has 0 aliphatic rings. The van der Waals surface area contributed by atoms with E-state index in [1.165, 1.54) is 0 Å². The molecule has 0 aromatic rings. The van der Waals surface area contributed by atoms with Gasteiger partial charge in [-0.3, -0.25) is 0 Å². The van der Waals surface area contributed by atoms with E-state index in [4.69, 9.17) is 10.2 Å². The molecule has 0 saturated carbocycles. The van der Waals surface area contributed by atoms with Gasteiger partial charge in [0.15, 0.2) is 0 Å². The van der Waals surface area contributed by atoms with Gasteiger partial charge in [-0.05, 0) is 20.8 Å². The van der Waals surface area contributed by atoms with Gasteiger partial charge in [-0.1, -0.05) is 0 Å². The number of aliphatic hydroxyl groups is 1. The van der Waals surface area contributed by atoms with E-state index in [0.29, 0.717) is 0 Å². The van der Waals surface area contributed by atoms with Crippen molar-refractivity contribution in [2.45, 2.75) is 33.3 Å². The van der Waals surface area contributed by atoms with Crippen LogP contribution in [0, 0.1) is 0 Å². The molecule has 4 heteroatoms. The van der Waals surface area contributed by atoms with Gasteiger partial charge in [0.1, 0.15) is 0 Å². The molecule has 0 aliphatic carbocycles. The first-order valence-electron chi connectivity index (χ1n) is 4.87. The van der Waals surface area contributed by atoms with E-state index in [0.717, 1.165) is 13.1 Å². The van der Waals surface area contributed by atoms with E-state index in [9.17, 15) is 4.79 Å². The number of nitrogens with zero attached hydrogens (tertiary/aromatic N) is 1. The van der Waals surface area contributed by atoms with Crippen LogP contribution in [0.2, 0.25) is 0 Å². The molecule has 0 fully saturated rings. The first kappa shape index (κ1) is 13.0. The van der Waals surface area contributed by atoms with Crippen LogP contribution in [-0.2, 0) is 4.79 Å². The molecule has 82 valence electrons. The molecule has 0 heterocycles. The Morgan fingerprint density at radius 1 is 1.43 bits per heavy atom. The lowest BCUT2D eigenvalue weighted by atomic mass is 10.1. The van der Waals surface area contributed by atoms with Crippen molar-refractivity contribution in [3.63, 3.8) is 0 Å². The zero-order valence-electron chi connectivity index (χ0n) is 9.03. The number of aliphatic carboxylic acids is 1. The molecule has 0 saturated heterocycles. The molecular weight excluding hydrogens is 182 g/mol. The van der Waals surface area contributed by atoms with Crippen molar-refractivity contribution in [3.05, 3.63) is 11.8 Å². The van der Waals surface area contributed by atoms with E-state index in [1.807, 2.05) is 18.7 Å². The second-order valence-electron chi connectivity index (χ2n) is 3.23. The summed E-state index contributed by atoms with van der Waals surface area (Å²) in [6, 6.07) is 0. The van der Waals surface area contributed by atoms with Crippen LogP contribution in [0.3, 0.4) is 0 Å². The van der Waals surface area contributed by atoms with Crippen LogP contribution in [0.5, 0.6) is 0 Å². The summed E-state index contributed by atoms with van der Waals surface area (Å²) in [5.74, 6) is -0.960. The van der Waals surface area contributed by atoms with Gasteiger partial charge < -0.3 is 15.1 Å². The first-order chi connectivity index (χ1) is 6.51. The van der Waals surface area contributed by atoms with E-state index in [1.54, 1.807) is 13.1 Å². The molecule has 0 radical (unpaired) electrons. The van der Waals surface area contributed by atoms with Crippen molar-refractivity contribution in [1.82, 2.24) is 4.90 Å². The van der Waals surface area contributed by atoms with Crippen molar-refractivity contribution < 1.29 is 15.0 Å². The Hall–Kier alpha value is -1.03. The molecule has 0 amide bonds. The number of carboxylic acid groups (broad SMARTS) is 1. The Balaban J connectivity index is 4.53. The van der Waals surface area contributed by atoms with Crippen LogP contribution < -0.4 is 0 Å². The minimum atomic E-state index is -0.960. The van der Waals surface area contributed by atoms with E-state index >= 15 is 0 Å². The molecule has 1 atom stereocenters. The van der Waals surface area contributed by atoms with E-state index in [-0.39, 0.29) is 12.0 Å². The standard InChI is InChI=1S/C10H19NO3/c1-4-11(5-2)7-9(10(13)14)6-8(3)12/h7-8,12H,4-6H2,1-3H3,(H,13,14). The fourth-order valence-electron chi connectivity index (χ4n) is 1.14. The quantitative estimate of drug-likeness (QED) is 0.631. The molecule has 0 bridgehead atoms. The third kappa shape index (κ3) is 4.87. The summed E-state index contributed by atoms with van der Waals surface area (Å²) in [5, 5.41) is 18.0. The zero-order valence-corrected chi connectivity index (χ0v) is 9.03. The Labute approximate surface area is 84.8 Å². The first-order valence-corrected chi connectivity index (χ1v) is 4.87. The highest BCUT2D eigenvalue weighted by Gasteiger charge is 2.11. The molecule has 0 aromatic carbocycles. The van der Waals surface area contributed by atoms with Crippen LogP contribution >= 0.6 is 0 Å². The monoisotopic (exact) mass is 201 g/mol. The predicted octanol–water partition coefficient (Wildman–Crippen LogP) is 1.07. The van der Waals surface area contributed by atoms with Gasteiger partial charge in [0, 0.05) is 25.7 Å². The second-order valence-corrected chi connectivity index (χ2v) is 3.23. The lowest BCUT2D eigenvalue weighted by Gasteiger charge is -2.17. The predicted molar refractivity (Wildman–Crippen MR) is 54.9 cm³/mol. The van der Waals surface area contributed by atoms with Crippen molar-refractivity contribution in [2.24, 2.45) is 0 Å². The van der Waals surface area contributed by atoms with Gasteiger partial charge >= 0.3 is 5.97 Å². The Kier molecular flexibility index (Phi) is 5.95. The Morgan fingerprint density at radius 3 is 2.21 bits per heavy atom. The van der Waals surface area contributed by atoms with Gasteiger partial charge in [0.2, 0.25) is 0 Å². The fraction of sp³-hybridized carbons (Fsp3) is 0.700. The molecule has 0 spiro atoms. The number of aliphatic hydroxyl groups excluding tert-OH is 1. The topological polar surface area (TPSA) is 60.8 Å². The summed E-state index contributed by atoms with van der Waals surface area (Å²) in [7, 11) is 0. The largest absolute Gasteiger partial charge is 0.478 e. The SMILES string of the molecule is CCN(C=C(CC(C)O)C(=O)O)CC. The minimum absolute atomic E-state index is 0.186. The van der Waals surface area contributed by atoms with Crippen LogP contribution in [0.15, 0.2) is 11.8 Å². The number of hydrogen-bond donors (Lipinski definition) is 2. The molecular formula is C10H19NO3. The third-order valence-corrected chi connectivity index (χ3v) is 1.94. The average Bonchev–Trinajstić information content (AvgIpc) is 2.11. The maximum Gasteiger partial charge on any atom is 0.333 e. The van der Waals surface area contributed by atoms with E-state index < -0.39 is 12.1 Å². The molecule has 0 aliphatic heterocycles. The molecule has 4 nitrogen and oxygen atoms in total. The average molecular weight is 201 g/mol. The number of carboxylic acids is 1. The van der Waals surface area contributed by atoms with Crippen LogP contribution in [0.1, 0.15) is 27.2 Å². The van der Waals surface area contributed by atoms with Gasteiger partial charge in [-0.25, -0.2) is 4.79 Å². The molecule has 0 aromatic heterocycles.